The van der Waals surface area contributed by atoms with Crippen LogP contribution in [-0.4, -0.2) is 80.4 Å². The lowest BCUT2D eigenvalue weighted by Gasteiger charge is -2.45. The number of nitrogens with zero attached hydrogens (tertiary/aromatic N) is 5. The molecule has 0 bridgehead atoms. The summed E-state index contributed by atoms with van der Waals surface area (Å²) >= 11 is 0. The first-order chi connectivity index (χ1) is 16.7. The molecule has 3 aliphatic rings. The molecule has 2 saturated heterocycles. The van der Waals surface area contributed by atoms with Crippen molar-refractivity contribution in [1.82, 2.24) is 24.3 Å². The van der Waals surface area contributed by atoms with Crippen molar-refractivity contribution in [3.8, 4) is 0 Å². The minimum Gasteiger partial charge on any atom is -0.341 e. The lowest BCUT2D eigenvalue weighted by Crippen LogP contribution is -2.63. The van der Waals surface area contributed by atoms with Gasteiger partial charge >= 0.3 is 0 Å². The fourth-order valence-corrected chi connectivity index (χ4v) is 5.98. The first-order valence-corrected chi connectivity index (χ1v) is 14.1. The average Bonchev–Trinajstić information content (AvgIpc) is 3.59. The highest BCUT2D eigenvalue weighted by atomic mass is 16.2. The lowest BCUT2D eigenvalue weighted by atomic mass is 9.91. The number of hydrogen-bond acceptors (Lipinski definition) is 4. The SMILES string of the molecule is CC(C)CC[C@H]1C(=O)N([C@@H](CC(C)C)C(=O)N2CCC(Cc3nccn3C)CC2)CCN1C1CC1. The van der Waals surface area contributed by atoms with Gasteiger partial charge in [-0.15, -0.1) is 0 Å². The number of piperidine rings is 1. The smallest absolute Gasteiger partial charge is 0.245 e. The van der Waals surface area contributed by atoms with E-state index >= 15 is 0 Å². The summed E-state index contributed by atoms with van der Waals surface area (Å²) in [6, 6.07) is 0.205. The molecule has 3 heterocycles. The van der Waals surface area contributed by atoms with E-state index < -0.39 is 0 Å². The van der Waals surface area contributed by atoms with Crippen molar-refractivity contribution in [2.45, 2.75) is 97.2 Å². The van der Waals surface area contributed by atoms with Crippen LogP contribution >= 0.6 is 0 Å². The second kappa shape index (κ2) is 11.4. The van der Waals surface area contributed by atoms with Crippen molar-refractivity contribution in [3.63, 3.8) is 0 Å². The summed E-state index contributed by atoms with van der Waals surface area (Å²) in [6.45, 7) is 12.0. The average molecular weight is 486 g/mol. The van der Waals surface area contributed by atoms with Crippen LogP contribution in [0.3, 0.4) is 0 Å². The van der Waals surface area contributed by atoms with Crippen LogP contribution in [0.2, 0.25) is 0 Å². The summed E-state index contributed by atoms with van der Waals surface area (Å²) in [5.41, 5.74) is 0. The molecule has 0 aromatic carbocycles. The van der Waals surface area contributed by atoms with Gasteiger partial charge in [0.2, 0.25) is 11.8 Å². The van der Waals surface area contributed by atoms with Crippen LogP contribution in [0.4, 0.5) is 0 Å². The van der Waals surface area contributed by atoms with Gasteiger partial charge in [0, 0.05) is 58.1 Å². The maximum absolute atomic E-state index is 13.9. The molecule has 0 spiro atoms. The predicted octanol–water partition coefficient (Wildman–Crippen LogP) is 3.73. The van der Waals surface area contributed by atoms with E-state index in [0.29, 0.717) is 30.3 Å². The summed E-state index contributed by atoms with van der Waals surface area (Å²) in [7, 11) is 2.05. The zero-order chi connectivity index (χ0) is 25.1. The zero-order valence-corrected chi connectivity index (χ0v) is 22.7. The Hall–Kier alpha value is -1.89. The Morgan fingerprint density at radius 1 is 1.03 bits per heavy atom. The largest absolute Gasteiger partial charge is 0.341 e. The highest BCUT2D eigenvalue weighted by Gasteiger charge is 2.45. The fourth-order valence-electron chi connectivity index (χ4n) is 5.98. The minimum atomic E-state index is -0.323. The summed E-state index contributed by atoms with van der Waals surface area (Å²) in [6.07, 6.45) is 12.0. The van der Waals surface area contributed by atoms with Gasteiger partial charge in [0.15, 0.2) is 0 Å². The number of rotatable bonds is 10. The van der Waals surface area contributed by atoms with Crippen molar-refractivity contribution < 1.29 is 9.59 Å². The molecule has 1 aromatic rings. The second-order valence-corrected chi connectivity index (χ2v) is 12.1. The van der Waals surface area contributed by atoms with E-state index in [9.17, 15) is 9.59 Å². The predicted molar refractivity (Wildman–Crippen MR) is 139 cm³/mol. The third-order valence-electron chi connectivity index (χ3n) is 8.28. The van der Waals surface area contributed by atoms with Gasteiger partial charge in [0.05, 0.1) is 6.04 Å². The van der Waals surface area contributed by atoms with Crippen LogP contribution in [0.5, 0.6) is 0 Å². The molecular weight excluding hydrogens is 438 g/mol. The Balaban J connectivity index is 1.41. The molecule has 0 radical (unpaired) electrons. The highest BCUT2D eigenvalue weighted by molar-refractivity contribution is 5.90. The topological polar surface area (TPSA) is 61.7 Å². The van der Waals surface area contributed by atoms with Crippen LogP contribution in [0.25, 0.3) is 0 Å². The van der Waals surface area contributed by atoms with Gasteiger partial charge in [-0.1, -0.05) is 27.7 Å². The summed E-state index contributed by atoms with van der Waals surface area (Å²) < 4.78 is 2.10. The van der Waals surface area contributed by atoms with E-state index in [0.717, 1.165) is 64.0 Å². The van der Waals surface area contributed by atoms with Gasteiger partial charge in [-0.25, -0.2) is 4.98 Å². The van der Waals surface area contributed by atoms with Gasteiger partial charge in [-0.05, 0) is 62.7 Å². The molecule has 196 valence electrons. The van der Waals surface area contributed by atoms with Crippen molar-refractivity contribution in [2.75, 3.05) is 26.2 Å². The van der Waals surface area contributed by atoms with E-state index in [1.807, 2.05) is 29.2 Å². The molecule has 0 unspecified atom stereocenters. The number of aromatic nitrogens is 2. The van der Waals surface area contributed by atoms with E-state index in [1.54, 1.807) is 0 Å². The van der Waals surface area contributed by atoms with Crippen molar-refractivity contribution in [1.29, 1.82) is 0 Å². The minimum absolute atomic E-state index is 0.0513. The van der Waals surface area contributed by atoms with Crippen LogP contribution < -0.4 is 0 Å². The normalized spacial score (nSPS) is 23.5. The van der Waals surface area contributed by atoms with Gasteiger partial charge in [-0.2, -0.15) is 0 Å². The zero-order valence-electron chi connectivity index (χ0n) is 22.7. The van der Waals surface area contributed by atoms with Crippen LogP contribution in [-0.2, 0) is 23.1 Å². The standard InChI is InChI=1S/C28H47N5O2/c1-20(2)6-9-24-28(35)33(17-16-32(24)23-7-8-23)25(18-21(3)4)27(34)31-13-10-22(11-14-31)19-26-29-12-15-30(26)5/h12,15,20-25H,6-11,13-14,16-19H2,1-5H3/t24-,25-/m0/s1. The lowest BCUT2D eigenvalue weighted by molar-refractivity contribution is -0.155. The Kier molecular flexibility index (Phi) is 8.56. The first-order valence-electron chi connectivity index (χ1n) is 14.1. The van der Waals surface area contributed by atoms with Crippen LogP contribution in [0.15, 0.2) is 12.4 Å². The molecule has 7 nitrogen and oxygen atoms in total. The Morgan fingerprint density at radius 2 is 1.74 bits per heavy atom. The van der Waals surface area contributed by atoms with Crippen molar-refractivity contribution in [3.05, 3.63) is 18.2 Å². The maximum Gasteiger partial charge on any atom is 0.245 e. The molecule has 1 aromatic heterocycles. The van der Waals surface area contributed by atoms with Crippen LogP contribution in [0, 0.1) is 17.8 Å². The van der Waals surface area contributed by atoms with Gasteiger partial charge in [0.25, 0.3) is 0 Å². The Bertz CT molecular complexity index is 853. The van der Waals surface area contributed by atoms with Crippen molar-refractivity contribution >= 4 is 11.8 Å². The number of carbonyl (C=O) groups is 2. The van der Waals surface area contributed by atoms with E-state index in [4.69, 9.17) is 0 Å². The Labute approximate surface area is 212 Å². The number of amides is 2. The number of imidazole rings is 1. The van der Waals surface area contributed by atoms with Crippen molar-refractivity contribution in [2.24, 2.45) is 24.8 Å². The summed E-state index contributed by atoms with van der Waals surface area (Å²) in [5, 5.41) is 0. The molecular formula is C28H47N5O2. The number of piperazine rings is 1. The number of hydrogen-bond donors (Lipinski definition) is 0. The van der Waals surface area contributed by atoms with Gasteiger partial charge in [-0.3, -0.25) is 14.5 Å². The quantitative estimate of drug-likeness (QED) is 0.507. The highest BCUT2D eigenvalue weighted by Crippen LogP contribution is 2.34. The Morgan fingerprint density at radius 3 is 2.31 bits per heavy atom. The molecule has 35 heavy (non-hydrogen) atoms. The maximum atomic E-state index is 13.9. The van der Waals surface area contributed by atoms with E-state index in [1.165, 1.54) is 12.8 Å². The number of aryl methyl sites for hydroxylation is 1. The first kappa shape index (κ1) is 26.2. The molecule has 3 fully saturated rings. The number of likely N-dealkylation sites (tertiary alicyclic amines) is 1. The number of carbonyl (C=O) groups excluding carboxylic acids is 2. The molecule has 4 rings (SSSR count). The third kappa shape index (κ3) is 6.46. The van der Waals surface area contributed by atoms with E-state index in [-0.39, 0.29) is 23.9 Å². The summed E-state index contributed by atoms with van der Waals surface area (Å²) in [5.74, 6) is 3.01. The molecule has 2 aliphatic heterocycles. The van der Waals surface area contributed by atoms with Crippen LogP contribution in [0.1, 0.15) is 78.5 Å². The molecule has 1 aliphatic carbocycles. The molecule has 7 heteroatoms. The molecule has 1 saturated carbocycles. The molecule has 2 atom stereocenters. The molecule has 0 N–H and O–H groups in total. The monoisotopic (exact) mass is 485 g/mol. The fraction of sp³-hybridized carbons (Fsp3) is 0.821. The molecule has 2 amide bonds. The van der Waals surface area contributed by atoms with Gasteiger partial charge in [0.1, 0.15) is 11.9 Å². The summed E-state index contributed by atoms with van der Waals surface area (Å²) in [4.78, 5) is 38.7. The third-order valence-corrected chi connectivity index (χ3v) is 8.28. The van der Waals surface area contributed by atoms with Gasteiger partial charge < -0.3 is 14.4 Å². The van der Waals surface area contributed by atoms with E-state index in [2.05, 4.69) is 42.1 Å². The second-order valence-electron chi connectivity index (χ2n) is 12.1.